The molecule has 0 atom stereocenters. The third-order valence-electron chi connectivity index (χ3n) is 3.12. The van der Waals surface area contributed by atoms with Crippen LogP contribution in [0.3, 0.4) is 0 Å². The summed E-state index contributed by atoms with van der Waals surface area (Å²) in [7, 11) is 0. The fourth-order valence-electron chi connectivity index (χ4n) is 2.23. The average molecular weight is 271 g/mol. The van der Waals surface area contributed by atoms with Gasteiger partial charge in [-0.15, -0.1) is 0 Å². The van der Waals surface area contributed by atoms with Crippen molar-refractivity contribution >= 4 is 10.9 Å². The molecule has 0 saturated carbocycles. The van der Waals surface area contributed by atoms with Crippen molar-refractivity contribution in [2.45, 2.75) is 26.8 Å². The summed E-state index contributed by atoms with van der Waals surface area (Å²) in [6, 6.07) is 8.14. The summed E-state index contributed by atoms with van der Waals surface area (Å²) in [4.78, 5) is 4.23. The number of hydrogen-bond donors (Lipinski definition) is 0. The van der Waals surface area contributed by atoms with Gasteiger partial charge >= 0.3 is 0 Å². The number of aryl methyl sites for hydroxylation is 1. The zero-order valence-corrected chi connectivity index (χ0v) is 11.7. The Labute approximate surface area is 117 Å². The Kier molecular flexibility index (Phi) is 3.41. The van der Waals surface area contributed by atoms with Crippen LogP contribution in [0.1, 0.15) is 25.1 Å². The third-order valence-corrected chi connectivity index (χ3v) is 3.12. The van der Waals surface area contributed by atoms with Crippen LogP contribution in [0.25, 0.3) is 10.9 Å². The molecule has 0 fully saturated rings. The summed E-state index contributed by atoms with van der Waals surface area (Å²) in [6.07, 6.45) is 3.02. The number of hydrogen-bond acceptors (Lipinski definition) is 4. The molecule has 0 aliphatic heterocycles. The standard InChI is InChI=1S/C15H17N3O2/c1-3-9-19-14-6-4-5-13-12(14)7-8-18(13)10-15-16-11(2)20-17-15/h4-8H,3,9-10H2,1-2H3. The van der Waals surface area contributed by atoms with E-state index < -0.39 is 0 Å². The predicted octanol–water partition coefficient (Wildman–Crippen LogP) is 3.17. The zero-order chi connectivity index (χ0) is 13.9. The predicted molar refractivity (Wildman–Crippen MR) is 75.9 cm³/mol. The Morgan fingerprint density at radius 3 is 2.95 bits per heavy atom. The molecule has 3 rings (SSSR count). The highest BCUT2D eigenvalue weighted by atomic mass is 16.5. The minimum atomic E-state index is 0.587. The maximum atomic E-state index is 5.77. The highest BCUT2D eigenvalue weighted by Gasteiger charge is 2.09. The Hall–Kier alpha value is -2.30. The van der Waals surface area contributed by atoms with Crippen molar-refractivity contribution in [3.63, 3.8) is 0 Å². The lowest BCUT2D eigenvalue weighted by molar-refractivity contribution is 0.321. The van der Waals surface area contributed by atoms with Crippen LogP contribution >= 0.6 is 0 Å². The van der Waals surface area contributed by atoms with Gasteiger partial charge in [-0.1, -0.05) is 18.1 Å². The SMILES string of the molecule is CCCOc1cccc2c1ccn2Cc1noc(C)n1. The van der Waals surface area contributed by atoms with Gasteiger partial charge in [0.1, 0.15) is 5.75 Å². The Morgan fingerprint density at radius 2 is 2.20 bits per heavy atom. The highest BCUT2D eigenvalue weighted by Crippen LogP contribution is 2.27. The molecule has 3 aromatic rings. The van der Waals surface area contributed by atoms with Gasteiger partial charge in [-0.2, -0.15) is 4.98 Å². The van der Waals surface area contributed by atoms with Crippen LogP contribution < -0.4 is 4.74 Å². The number of aromatic nitrogens is 3. The lowest BCUT2D eigenvalue weighted by Gasteiger charge is -2.07. The van der Waals surface area contributed by atoms with Crippen molar-refractivity contribution < 1.29 is 9.26 Å². The summed E-state index contributed by atoms with van der Waals surface area (Å²) in [5, 5.41) is 5.04. The fraction of sp³-hybridized carbons (Fsp3) is 0.333. The van der Waals surface area contributed by atoms with Crippen LogP contribution in [-0.4, -0.2) is 21.3 Å². The number of rotatable bonds is 5. The monoisotopic (exact) mass is 271 g/mol. The topological polar surface area (TPSA) is 53.1 Å². The molecule has 0 aliphatic rings. The number of fused-ring (bicyclic) bond motifs is 1. The van der Waals surface area contributed by atoms with Gasteiger partial charge in [0, 0.05) is 18.5 Å². The normalized spacial score (nSPS) is 11.1. The molecule has 2 aromatic heterocycles. The van der Waals surface area contributed by atoms with Crippen molar-refractivity contribution in [2.24, 2.45) is 0 Å². The molecule has 0 N–H and O–H groups in total. The van der Waals surface area contributed by atoms with E-state index in [1.165, 1.54) is 0 Å². The van der Waals surface area contributed by atoms with Crippen LogP contribution in [0.4, 0.5) is 0 Å². The van der Waals surface area contributed by atoms with E-state index >= 15 is 0 Å². The zero-order valence-electron chi connectivity index (χ0n) is 11.7. The molecule has 104 valence electrons. The molecule has 0 radical (unpaired) electrons. The molecule has 5 heteroatoms. The van der Waals surface area contributed by atoms with Crippen LogP contribution in [0.2, 0.25) is 0 Å². The largest absolute Gasteiger partial charge is 0.493 e. The lowest BCUT2D eigenvalue weighted by Crippen LogP contribution is -2.00. The summed E-state index contributed by atoms with van der Waals surface area (Å²) >= 11 is 0. The van der Waals surface area contributed by atoms with E-state index in [9.17, 15) is 0 Å². The Balaban J connectivity index is 1.92. The van der Waals surface area contributed by atoms with Gasteiger partial charge in [0.05, 0.1) is 18.7 Å². The molecule has 0 unspecified atom stereocenters. The highest BCUT2D eigenvalue weighted by molar-refractivity contribution is 5.86. The minimum Gasteiger partial charge on any atom is -0.493 e. The second-order valence-corrected chi connectivity index (χ2v) is 4.71. The van der Waals surface area contributed by atoms with E-state index in [0.717, 1.165) is 29.7 Å². The van der Waals surface area contributed by atoms with Gasteiger partial charge in [-0.25, -0.2) is 0 Å². The number of benzene rings is 1. The second-order valence-electron chi connectivity index (χ2n) is 4.71. The molecule has 0 saturated heterocycles. The van der Waals surface area contributed by atoms with E-state index in [1.807, 2.05) is 18.3 Å². The van der Waals surface area contributed by atoms with E-state index in [4.69, 9.17) is 9.26 Å². The van der Waals surface area contributed by atoms with Gasteiger partial charge in [-0.05, 0) is 24.6 Å². The van der Waals surface area contributed by atoms with Gasteiger partial charge in [0.15, 0.2) is 5.82 Å². The summed E-state index contributed by atoms with van der Waals surface area (Å²) in [5.41, 5.74) is 1.11. The molecule has 0 spiro atoms. The first-order valence-electron chi connectivity index (χ1n) is 6.78. The van der Waals surface area contributed by atoms with E-state index in [2.05, 4.69) is 33.8 Å². The van der Waals surface area contributed by atoms with Crippen molar-refractivity contribution in [3.8, 4) is 5.75 Å². The molecule has 5 nitrogen and oxygen atoms in total. The first kappa shape index (κ1) is 12.7. The summed E-state index contributed by atoms with van der Waals surface area (Å²) in [5.74, 6) is 2.19. The molecule has 0 bridgehead atoms. The maximum Gasteiger partial charge on any atom is 0.223 e. The van der Waals surface area contributed by atoms with Gasteiger partial charge in [0.25, 0.3) is 0 Å². The fourth-order valence-corrected chi connectivity index (χ4v) is 2.23. The van der Waals surface area contributed by atoms with E-state index in [0.29, 0.717) is 18.3 Å². The van der Waals surface area contributed by atoms with Gasteiger partial charge < -0.3 is 13.8 Å². The third kappa shape index (κ3) is 2.39. The number of nitrogens with zero attached hydrogens (tertiary/aromatic N) is 3. The van der Waals surface area contributed by atoms with Crippen LogP contribution in [0.15, 0.2) is 35.0 Å². The molecular formula is C15H17N3O2. The number of ether oxygens (including phenoxy) is 1. The quantitative estimate of drug-likeness (QED) is 0.715. The van der Waals surface area contributed by atoms with Crippen LogP contribution in [0, 0.1) is 6.92 Å². The molecule has 2 heterocycles. The second kappa shape index (κ2) is 5.36. The Morgan fingerprint density at radius 1 is 1.30 bits per heavy atom. The Bertz CT molecular complexity index is 715. The molecule has 20 heavy (non-hydrogen) atoms. The van der Waals surface area contributed by atoms with Crippen LogP contribution in [-0.2, 0) is 6.54 Å². The average Bonchev–Trinajstić information content (AvgIpc) is 3.04. The molecule has 1 aromatic carbocycles. The lowest BCUT2D eigenvalue weighted by atomic mass is 10.2. The summed E-state index contributed by atoms with van der Waals surface area (Å²) < 4.78 is 12.9. The molecular weight excluding hydrogens is 254 g/mol. The van der Waals surface area contributed by atoms with E-state index in [-0.39, 0.29) is 0 Å². The van der Waals surface area contributed by atoms with Crippen molar-refractivity contribution in [1.82, 2.24) is 14.7 Å². The first-order valence-corrected chi connectivity index (χ1v) is 6.78. The first-order chi connectivity index (χ1) is 9.78. The smallest absolute Gasteiger partial charge is 0.223 e. The molecule has 0 aliphatic carbocycles. The summed E-state index contributed by atoms with van der Waals surface area (Å²) in [6.45, 7) is 5.22. The van der Waals surface area contributed by atoms with Gasteiger partial charge in [-0.3, -0.25) is 0 Å². The van der Waals surface area contributed by atoms with Crippen molar-refractivity contribution in [2.75, 3.05) is 6.61 Å². The van der Waals surface area contributed by atoms with Gasteiger partial charge in [0.2, 0.25) is 5.89 Å². The molecule has 0 amide bonds. The van der Waals surface area contributed by atoms with E-state index in [1.54, 1.807) is 6.92 Å². The maximum absolute atomic E-state index is 5.77. The van der Waals surface area contributed by atoms with Crippen molar-refractivity contribution in [3.05, 3.63) is 42.2 Å². The van der Waals surface area contributed by atoms with Crippen LogP contribution in [0.5, 0.6) is 5.75 Å². The minimum absolute atomic E-state index is 0.587. The van der Waals surface area contributed by atoms with Crippen molar-refractivity contribution in [1.29, 1.82) is 0 Å².